The summed E-state index contributed by atoms with van der Waals surface area (Å²) in [5.41, 5.74) is 5.25. The van der Waals surface area contributed by atoms with Crippen molar-refractivity contribution in [3.05, 3.63) is 11.5 Å². The van der Waals surface area contributed by atoms with Gasteiger partial charge in [-0.25, -0.2) is 9.00 Å². The zero-order chi connectivity index (χ0) is 9.56. The highest BCUT2D eigenvalue weighted by Gasteiger charge is 2.14. The van der Waals surface area contributed by atoms with Gasteiger partial charge in [-0.2, -0.15) is 12.6 Å². The number of allylic oxidation sites excluding steroid dienone is 1. The zero-order valence-corrected chi connectivity index (χ0v) is 8.31. The van der Waals surface area contributed by atoms with Crippen LogP contribution in [0.3, 0.4) is 0 Å². The summed E-state index contributed by atoms with van der Waals surface area (Å²) in [5.74, 6) is -0.535. The van der Waals surface area contributed by atoms with Gasteiger partial charge >= 0.3 is 5.97 Å². The van der Waals surface area contributed by atoms with E-state index >= 15 is 0 Å². The Labute approximate surface area is 79.2 Å². The first-order valence-corrected chi connectivity index (χ1v) is 5.00. The van der Waals surface area contributed by atoms with Gasteiger partial charge in [-0.05, 0) is 6.92 Å². The predicted molar refractivity (Wildman–Crippen MR) is 50.9 cm³/mol. The lowest BCUT2D eigenvalue weighted by Crippen LogP contribution is -2.34. The molecule has 2 atom stereocenters. The van der Waals surface area contributed by atoms with Gasteiger partial charge in [0, 0.05) is 11.2 Å². The normalized spacial score (nSPS) is 15.9. The third kappa shape index (κ3) is 4.53. The van der Waals surface area contributed by atoms with Crippen LogP contribution in [0.2, 0.25) is 0 Å². The third-order valence-corrected chi connectivity index (χ3v) is 2.13. The summed E-state index contributed by atoms with van der Waals surface area (Å²) in [7, 11) is 0. The summed E-state index contributed by atoms with van der Waals surface area (Å²) in [6, 6.07) is -0.817. The molecule has 0 amide bonds. The van der Waals surface area contributed by atoms with Crippen LogP contribution in [0.4, 0.5) is 0 Å². The minimum absolute atomic E-state index is 0.172. The Morgan fingerprint density at radius 3 is 2.83 bits per heavy atom. The maximum atomic E-state index is 10.8. The molecule has 0 fully saturated rings. The number of thiol groups is 1. The van der Waals surface area contributed by atoms with E-state index < -0.39 is 23.1 Å². The molecule has 12 heavy (non-hydrogen) atoms. The third-order valence-electron chi connectivity index (χ3n) is 0.911. The second kappa shape index (κ2) is 6.22. The average molecular weight is 209 g/mol. The fourth-order valence-corrected chi connectivity index (χ4v) is 1.07. The summed E-state index contributed by atoms with van der Waals surface area (Å²) >= 11 is 2.07. The molecule has 0 radical (unpaired) electrons. The zero-order valence-electron chi connectivity index (χ0n) is 6.60. The molecule has 0 aromatic rings. The Morgan fingerprint density at radius 1 is 1.83 bits per heavy atom. The van der Waals surface area contributed by atoms with E-state index in [2.05, 4.69) is 16.8 Å². The van der Waals surface area contributed by atoms with Crippen LogP contribution >= 0.6 is 12.6 Å². The summed E-state index contributed by atoms with van der Waals surface area (Å²) < 4.78 is 15.2. The molecular formula is C6H11NO3S2. The van der Waals surface area contributed by atoms with Crippen molar-refractivity contribution in [2.24, 2.45) is 5.73 Å². The van der Waals surface area contributed by atoms with Crippen LogP contribution in [0, 0.1) is 0 Å². The largest absolute Gasteiger partial charge is 0.359 e. The fourth-order valence-electron chi connectivity index (χ4n) is 0.356. The van der Waals surface area contributed by atoms with E-state index in [0.29, 0.717) is 0 Å². The molecule has 0 saturated heterocycles. The average Bonchev–Trinajstić information content (AvgIpc) is 2.03. The van der Waals surface area contributed by atoms with E-state index in [9.17, 15) is 9.00 Å². The van der Waals surface area contributed by atoms with Crippen molar-refractivity contribution < 1.29 is 13.2 Å². The first-order chi connectivity index (χ1) is 5.61. The lowest BCUT2D eigenvalue weighted by atomic mass is 10.4. The Kier molecular flexibility index (Phi) is 6.04. The maximum Gasteiger partial charge on any atom is 0.337 e. The summed E-state index contributed by atoms with van der Waals surface area (Å²) in [4.78, 5) is 10.8. The lowest BCUT2D eigenvalue weighted by molar-refractivity contribution is -0.134. The smallest absolute Gasteiger partial charge is 0.337 e. The molecule has 0 spiro atoms. The molecule has 0 aliphatic heterocycles. The molecule has 2 unspecified atom stereocenters. The maximum absolute atomic E-state index is 10.8. The Morgan fingerprint density at radius 2 is 2.42 bits per heavy atom. The van der Waals surface area contributed by atoms with E-state index in [4.69, 9.17) is 5.73 Å². The summed E-state index contributed by atoms with van der Waals surface area (Å²) in [5, 5.41) is 1.25. The lowest BCUT2D eigenvalue weighted by Gasteiger charge is -2.04. The predicted octanol–water partition coefficient (Wildman–Crippen LogP) is -0.0160. The van der Waals surface area contributed by atoms with Gasteiger partial charge in [0.15, 0.2) is 0 Å². The molecule has 0 aromatic carbocycles. The van der Waals surface area contributed by atoms with Crippen molar-refractivity contribution in [2.45, 2.75) is 13.0 Å². The van der Waals surface area contributed by atoms with Crippen molar-refractivity contribution in [2.75, 3.05) is 5.75 Å². The molecule has 0 bridgehead atoms. The number of rotatable bonds is 4. The van der Waals surface area contributed by atoms with Gasteiger partial charge in [-0.1, -0.05) is 6.08 Å². The Hall–Kier alpha value is -0.330. The first kappa shape index (κ1) is 11.7. The Balaban J connectivity index is 3.92. The van der Waals surface area contributed by atoms with Crippen LogP contribution in [0.5, 0.6) is 0 Å². The minimum Gasteiger partial charge on any atom is -0.359 e. The van der Waals surface area contributed by atoms with Crippen molar-refractivity contribution in [3.63, 3.8) is 0 Å². The molecule has 0 aliphatic carbocycles. The molecule has 4 nitrogen and oxygen atoms in total. The van der Waals surface area contributed by atoms with Gasteiger partial charge in [0.25, 0.3) is 0 Å². The van der Waals surface area contributed by atoms with Gasteiger partial charge in [0.1, 0.15) is 6.04 Å². The highest BCUT2D eigenvalue weighted by Crippen LogP contribution is 1.94. The minimum atomic E-state index is -1.72. The molecular weight excluding hydrogens is 198 g/mol. The van der Waals surface area contributed by atoms with E-state index in [1.165, 1.54) is 11.5 Å². The number of hydrogen-bond donors (Lipinski definition) is 2. The van der Waals surface area contributed by atoms with Gasteiger partial charge in [0.05, 0.1) is 0 Å². The molecule has 0 heterocycles. The number of nitrogens with two attached hydrogens (primary N) is 1. The topological polar surface area (TPSA) is 69.4 Å². The number of carbonyl (C=O) groups excluding carboxylic acids is 1. The standard InChI is InChI=1S/C6H11NO3S2/c1-2-3-12(9)10-6(8)5(7)4-11/h2-3,5,11H,4,7H2,1H3/b3-2+. The van der Waals surface area contributed by atoms with Crippen molar-refractivity contribution in [1.82, 2.24) is 0 Å². The Bertz CT molecular complexity index is 205. The van der Waals surface area contributed by atoms with Crippen molar-refractivity contribution >= 4 is 29.7 Å². The van der Waals surface area contributed by atoms with Crippen molar-refractivity contribution in [3.8, 4) is 0 Å². The fraction of sp³-hybridized carbons (Fsp3) is 0.500. The highest BCUT2D eigenvalue weighted by molar-refractivity contribution is 7.83. The molecule has 0 aromatic heterocycles. The second-order valence-corrected chi connectivity index (χ2v) is 3.25. The van der Waals surface area contributed by atoms with Crippen molar-refractivity contribution in [1.29, 1.82) is 0 Å². The monoisotopic (exact) mass is 209 g/mol. The van der Waals surface area contributed by atoms with Crippen LogP contribution in [0.15, 0.2) is 11.5 Å². The van der Waals surface area contributed by atoms with Crippen LogP contribution in [-0.2, 0) is 20.1 Å². The van der Waals surface area contributed by atoms with Crippen LogP contribution in [0.1, 0.15) is 6.92 Å². The molecule has 0 rings (SSSR count). The van der Waals surface area contributed by atoms with Gasteiger partial charge in [-0.3, -0.25) is 0 Å². The molecule has 0 saturated carbocycles. The second-order valence-electron chi connectivity index (χ2n) is 1.92. The SMILES string of the molecule is C/C=C/S(=O)OC(=O)C(N)CS. The quantitative estimate of drug-likeness (QED) is 0.639. The highest BCUT2D eigenvalue weighted by atomic mass is 32.2. The summed E-state index contributed by atoms with van der Waals surface area (Å²) in [6.07, 6.45) is 1.52. The van der Waals surface area contributed by atoms with E-state index in [1.54, 1.807) is 6.92 Å². The van der Waals surface area contributed by atoms with Crippen LogP contribution in [0.25, 0.3) is 0 Å². The van der Waals surface area contributed by atoms with E-state index in [0.717, 1.165) is 0 Å². The van der Waals surface area contributed by atoms with E-state index in [1.807, 2.05) is 0 Å². The first-order valence-electron chi connectivity index (χ1n) is 3.23. The number of hydrogen-bond acceptors (Lipinski definition) is 5. The number of carbonyl (C=O) groups is 1. The van der Waals surface area contributed by atoms with Gasteiger partial charge in [-0.15, -0.1) is 0 Å². The van der Waals surface area contributed by atoms with Gasteiger partial charge in [0.2, 0.25) is 11.1 Å². The molecule has 70 valence electrons. The molecule has 2 N–H and O–H groups in total. The van der Waals surface area contributed by atoms with E-state index in [-0.39, 0.29) is 5.75 Å². The van der Waals surface area contributed by atoms with Gasteiger partial charge < -0.3 is 9.92 Å². The molecule has 0 aliphatic rings. The van der Waals surface area contributed by atoms with Crippen LogP contribution in [-0.4, -0.2) is 22.0 Å². The summed E-state index contributed by atoms with van der Waals surface area (Å²) in [6.45, 7) is 1.67. The van der Waals surface area contributed by atoms with Crippen LogP contribution < -0.4 is 5.73 Å². The molecule has 6 heteroatoms.